The Morgan fingerprint density at radius 2 is 2.23 bits per heavy atom. The molecule has 110 valence electrons. The molecule has 0 radical (unpaired) electrons. The van der Waals surface area contributed by atoms with Crippen molar-refractivity contribution in [3.05, 3.63) is 36.0 Å². The number of hydrogen-bond acceptors (Lipinski definition) is 5. The van der Waals surface area contributed by atoms with Gasteiger partial charge >= 0.3 is 0 Å². The topological polar surface area (TPSA) is 140 Å². The first-order valence-corrected chi connectivity index (χ1v) is 6.35. The molecule has 1 heterocycles. The first-order valence-electron chi connectivity index (χ1n) is 5.95. The average Bonchev–Trinajstić information content (AvgIpc) is 2.80. The highest BCUT2D eigenvalue weighted by atomic mass is 32.1. The van der Waals surface area contributed by atoms with Crippen LogP contribution in [0, 0.1) is 11.3 Å². The molecule has 1 aromatic heterocycles. The molecule has 1 aromatic carbocycles. The Labute approximate surface area is 130 Å². The summed E-state index contributed by atoms with van der Waals surface area (Å²) in [6.07, 6.45) is 1.04. The fourth-order valence-electron chi connectivity index (χ4n) is 1.63. The Bertz CT molecular complexity index is 846. The lowest BCUT2D eigenvalue weighted by atomic mass is 10.2. The summed E-state index contributed by atoms with van der Waals surface area (Å²) in [6, 6.07) is 8.75. The second kappa shape index (κ2) is 6.47. The highest BCUT2D eigenvalue weighted by molar-refractivity contribution is 7.80. The SMILES string of the molecule is N#CC(=CNC(=S)N=Nc1c(O)[nH]c2ccccc12)C(N)=O. The minimum absolute atomic E-state index is 0.0984. The number of aromatic hydroxyl groups is 1. The molecule has 0 spiro atoms. The molecule has 0 unspecified atom stereocenters. The van der Waals surface area contributed by atoms with Crippen LogP contribution in [0.1, 0.15) is 0 Å². The van der Waals surface area contributed by atoms with Crippen molar-refractivity contribution in [3.8, 4) is 11.9 Å². The summed E-state index contributed by atoms with van der Waals surface area (Å²) in [7, 11) is 0. The standard InChI is InChI=1S/C13H10N6O2S/c14-5-7(11(15)20)6-16-13(22)19-18-10-8-3-1-2-4-9(8)17-12(10)21/h1-4,6,17,21H,(H2,15,20)(H,16,22). The number of nitrogens with one attached hydrogen (secondary N) is 2. The smallest absolute Gasteiger partial charge is 0.260 e. The van der Waals surface area contributed by atoms with Crippen molar-refractivity contribution in [2.75, 3.05) is 0 Å². The molecule has 0 saturated carbocycles. The second-order valence-corrected chi connectivity index (χ2v) is 4.44. The van der Waals surface area contributed by atoms with Gasteiger partial charge in [0.25, 0.3) is 5.91 Å². The number of nitrogens with zero attached hydrogens (tertiary/aromatic N) is 3. The summed E-state index contributed by atoms with van der Waals surface area (Å²) >= 11 is 4.88. The molecule has 0 saturated heterocycles. The molecule has 0 bridgehead atoms. The van der Waals surface area contributed by atoms with E-state index in [0.29, 0.717) is 10.9 Å². The highest BCUT2D eigenvalue weighted by Crippen LogP contribution is 2.35. The van der Waals surface area contributed by atoms with E-state index in [1.54, 1.807) is 24.3 Å². The Morgan fingerprint density at radius 3 is 2.91 bits per heavy atom. The number of nitriles is 1. The van der Waals surface area contributed by atoms with Gasteiger partial charge in [-0.05, 0) is 18.3 Å². The molecule has 5 N–H and O–H groups in total. The summed E-state index contributed by atoms with van der Waals surface area (Å²) in [4.78, 5) is 13.6. The lowest BCUT2D eigenvalue weighted by molar-refractivity contribution is -0.114. The average molecular weight is 314 g/mol. The van der Waals surface area contributed by atoms with E-state index in [1.165, 1.54) is 0 Å². The molecule has 8 nitrogen and oxygen atoms in total. The van der Waals surface area contributed by atoms with Gasteiger partial charge in [-0.15, -0.1) is 10.2 Å². The van der Waals surface area contributed by atoms with Crippen molar-refractivity contribution in [1.29, 1.82) is 5.26 Å². The third kappa shape index (κ3) is 3.25. The molecule has 9 heteroatoms. The van der Waals surface area contributed by atoms with E-state index in [0.717, 1.165) is 6.20 Å². The van der Waals surface area contributed by atoms with Crippen LogP contribution in [0.3, 0.4) is 0 Å². The summed E-state index contributed by atoms with van der Waals surface area (Å²) < 4.78 is 0. The van der Waals surface area contributed by atoms with Crippen LogP contribution in [0.2, 0.25) is 0 Å². The Balaban J connectivity index is 2.17. The number of thiocarbonyl (C=S) groups is 1. The van der Waals surface area contributed by atoms with E-state index >= 15 is 0 Å². The Morgan fingerprint density at radius 1 is 1.50 bits per heavy atom. The fraction of sp³-hybridized carbons (Fsp3) is 0. The number of hydrogen-bond donors (Lipinski definition) is 4. The van der Waals surface area contributed by atoms with Gasteiger partial charge in [-0.3, -0.25) is 4.79 Å². The number of amides is 1. The van der Waals surface area contributed by atoms with E-state index in [4.69, 9.17) is 23.2 Å². The summed E-state index contributed by atoms with van der Waals surface area (Å²) in [5, 5.41) is 29.0. The third-order valence-electron chi connectivity index (χ3n) is 2.63. The van der Waals surface area contributed by atoms with E-state index in [9.17, 15) is 9.90 Å². The fourth-order valence-corrected chi connectivity index (χ4v) is 1.73. The molecule has 0 aliphatic rings. The van der Waals surface area contributed by atoms with Crippen LogP contribution in [-0.4, -0.2) is 21.1 Å². The largest absolute Gasteiger partial charge is 0.493 e. The van der Waals surface area contributed by atoms with Crippen LogP contribution in [0.25, 0.3) is 10.9 Å². The van der Waals surface area contributed by atoms with Gasteiger partial charge in [0, 0.05) is 11.6 Å². The number of fused-ring (bicyclic) bond motifs is 1. The molecule has 0 fully saturated rings. The second-order valence-electron chi connectivity index (χ2n) is 4.05. The molecule has 2 aromatic rings. The minimum Gasteiger partial charge on any atom is -0.493 e. The van der Waals surface area contributed by atoms with Gasteiger partial charge in [0.05, 0.1) is 5.52 Å². The molecule has 0 atom stereocenters. The van der Waals surface area contributed by atoms with Crippen LogP contribution in [0.5, 0.6) is 5.88 Å². The number of benzene rings is 1. The number of aromatic amines is 1. The summed E-state index contributed by atoms with van der Waals surface area (Å²) in [6.45, 7) is 0. The predicted octanol–water partition coefficient (Wildman–Crippen LogP) is 1.72. The number of rotatable bonds is 3. The van der Waals surface area contributed by atoms with E-state index in [-0.39, 0.29) is 22.3 Å². The molecule has 2 rings (SSSR count). The van der Waals surface area contributed by atoms with Gasteiger partial charge < -0.3 is 21.1 Å². The van der Waals surface area contributed by atoms with E-state index in [2.05, 4.69) is 20.5 Å². The molecule has 1 amide bonds. The number of carbonyl (C=O) groups is 1. The van der Waals surface area contributed by atoms with Crippen molar-refractivity contribution < 1.29 is 9.90 Å². The van der Waals surface area contributed by atoms with E-state index in [1.807, 2.05) is 6.07 Å². The van der Waals surface area contributed by atoms with Crippen molar-refractivity contribution in [1.82, 2.24) is 10.3 Å². The zero-order valence-electron chi connectivity index (χ0n) is 11.1. The first kappa shape index (κ1) is 15.1. The highest BCUT2D eigenvalue weighted by Gasteiger charge is 2.09. The van der Waals surface area contributed by atoms with Gasteiger partial charge in [0.15, 0.2) is 5.69 Å². The van der Waals surface area contributed by atoms with Gasteiger partial charge in [-0.25, -0.2) is 0 Å². The monoisotopic (exact) mass is 314 g/mol. The van der Waals surface area contributed by atoms with Crippen molar-refractivity contribution in [2.24, 2.45) is 16.0 Å². The maximum absolute atomic E-state index is 10.8. The van der Waals surface area contributed by atoms with Crippen LogP contribution < -0.4 is 11.1 Å². The number of azo groups is 1. The predicted molar refractivity (Wildman–Crippen MR) is 83.1 cm³/mol. The van der Waals surface area contributed by atoms with Crippen molar-refractivity contribution in [2.45, 2.75) is 0 Å². The summed E-state index contributed by atoms with van der Waals surface area (Å²) in [5.74, 6) is -1.03. The number of aromatic nitrogens is 1. The Kier molecular flexibility index (Phi) is 4.45. The van der Waals surface area contributed by atoms with Gasteiger partial charge in [-0.1, -0.05) is 18.2 Å². The third-order valence-corrected chi connectivity index (χ3v) is 2.83. The number of para-hydroxylation sites is 1. The number of carbonyl (C=O) groups excluding carboxylic acids is 1. The molecule has 22 heavy (non-hydrogen) atoms. The minimum atomic E-state index is -0.885. The first-order chi connectivity index (χ1) is 10.5. The van der Waals surface area contributed by atoms with Gasteiger partial charge in [0.1, 0.15) is 11.6 Å². The lowest BCUT2D eigenvalue weighted by Crippen LogP contribution is -2.18. The zero-order valence-corrected chi connectivity index (χ0v) is 11.9. The number of primary amides is 1. The van der Waals surface area contributed by atoms with Crippen LogP contribution >= 0.6 is 12.2 Å². The molecule has 0 aliphatic carbocycles. The quantitative estimate of drug-likeness (QED) is 0.295. The summed E-state index contributed by atoms with van der Waals surface area (Å²) in [5.41, 5.74) is 5.60. The van der Waals surface area contributed by atoms with Crippen LogP contribution in [0.15, 0.2) is 46.3 Å². The lowest BCUT2D eigenvalue weighted by Gasteiger charge is -1.96. The normalized spacial score (nSPS) is 11.5. The Hall–Kier alpha value is -3.25. The van der Waals surface area contributed by atoms with Crippen LogP contribution in [0.4, 0.5) is 5.69 Å². The molecular weight excluding hydrogens is 304 g/mol. The van der Waals surface area contributed by atoms with E-state index < -0.39 is 5.91 Å². The zero-order chi connectivity index (χ0) is 16.1. The van der Waals surface area contributed by atoms with Gasteiger partial charge in [0.2, 0.25) is 11.0 Å². The molecule has 0 aliphatic heterocycles. The van der Waals surface area contributed by atoms with Crippen molar-refractivity contribution in [3.63, 3.8) is 0 Å². The van der Waals surface area contributed by atoms with Gasteiger partial charge in [-0.2, -0.15) is 5.26 Å². The molecular formula is C13H10N6O2S. The van der Waals surface area contributed by atoms with Crippen molar-refractivity contribution >= 4 is 39.8 Å². The number of H-pyrrole nitrogens is 1. The maximum atomic E-state index is 10.8. The maximum Gasteiger partial charge on any atom is 0.260 e. The number of nitrogens with two attached hydrogens (primary N) is 1. The van der Waals surface area contributed by atoms with Crippen LogP contribution in [-0.2, 0) is 4.79 Å².